The quantitative estimate of drug-likeness (QED) is 0.324. The van der Waals surface area contributed by atoms with Crippen LogP contribution in [0.4, 0.5) is 23.2 Å². The number of rotatable bonds is 5. The van der Waals surface area contributed by atoms with Gasteiger partial charge in [-0.15, -0.1) is 0 Å². The minimum absolute atomic E-state index is 0.0722. The van der Waals surface area contributed by atoms with Crippen LogP contribution >= 0.6 is 35.1 Å². The summed E-state index contributed by atoms with van der Waals surface area (Å²) in [7, 11) is -1.92. The SMILES string of the molecule is O=C(N1CCN(S(=O)c2ccc(SNc3ccc(Cl)c4c(Cl)c[nH]c34)cc2F)CC1)C(F)(F)F. The first-order valence-electron chi connectivity index (χ1n) is 9.76. The Hall–Kier alpha value is -1.99. The number of aromatic amines is 1. The van der Waals surface area contributed by atoms with E-state index in [-0.39, 0.29) is 31.1 Å². The van der Waals surface area contributed by atoms with Gasteiger partial charge in [0.15, 0.2) is 0 Å². The number of nitrogens with one attached hydrogen (secondary N) is 2. The first kappa shape index (κ1) is 25.1. The lowest BCUT2D eigenvalue weighted by atomic mass is 10.2. The van der Waals surface area contributed by atoms with Crippen molar-refractivity contribution in [3.05, 3.63) is 52.4 Å². The van der Waals surface area contributed by atoms with E-state index in [0.717, 1.165) is 11.9 Å². The molecule has 182 valence electrons. The molecular formula is C20H16Cl2F4N4O2S2. The van der Waals surface area contributed by atoms with E-state index in [4.69, 9.17) is 23.2 Å². The van der Waals surface area contributed by atoms with Crippen molar-refractivity contribution in [1.82, 2.24) is 14.2 Å². The second-order valence-electron chi connectivity index (χ2n) is 7.25. The number of benzene rings is 2. The van der Waals surface area contributed by atoms with Crippen molar-refractivity contribution in [3.63, 3.8) is 0 Å². The molecule has 3 aromatic rings. The Kier molecular flexibility index (Phi) is 7.34. The van der Waals surface area contributed by atoms with Crippen LogP contribution in [0, 0.1) is 5.82 Å². The van der Waals surface area contributed by atoms with E-state index in [1.165, 1.54) is 16.4 Å². The Bertz CT molecular complexity index is 1260. The summed E-state index contributed by atoms with van der Waals surface area (Å²) in [6, 6.07) is 7.58. The number of H-pyrrole nitrogens is 1. The lowest BCUT2D eigenvalue weighted by molar-refractivity contribution is -0.186. The van der Waals surface area contributed by atoms with E-state index in [9.17, 15) is 26.6 Å². The predicted octanol–water partition coefficient (Wildman–Crippen LogP) is 5.46. The Balaban J connectivity index is 1.40. The number of hydrogen-bond donors (Lipinski definition) is 2. The summed E-state index contributed by atoms with van der Waals surface area (Å²) in [5.74, 6) is -2.65. The van der Waals surface area contributed by atoms with Gasteiger partial charge in [-0.1, -0.05) is 23.2 Å². The van der Waals surface area contributed by atoms with Gasteiger partial charge in [-0.2, -0.15) is 13.2 Å². The number of carbonyl (C=O) groups excluding carboxylic acids is 1. The molecule has 0 spiro atoms. The van der Waals surface area contributed by atoms with E-state index in [0.29, 0.717) is 36.4 Å². The van der Waals surface area contributed by atoms with Gasteiger partial charge in [-0.25, -0.2) is 12.9 Å². The summed E-state index contributed by atoms with van der Waals surface area (Å²) in [5.41, 5.74) is 1.36. The van der Waals surface area contributed by atoms with Gasteiger partial charge in [0.05, 0.1) is 26.1 Å². The highest BCUT2D eigenvalue weighted by Gasteiger charge is 2.43. The van der Waals surface area contributed by atoms with Gasteiger partial charge >= 0.3 is 12.1 Å². The summed E-state index contributed by atoms with van der Waals surface area (Å²) < 4.78 is 69.7. The summed E-state index contributed by atoms with van der Waals surface area (Å²) in [6.07, 6.45) is -3.35. The minimum Gasteiger partial charge on any atom is -0.358 e. The van der Waals surface area contributed by atoms with Crippen molar-refractivity contribution < 1.29 is 26.6 Å². The molecule has 0 saturated carbocycles. The molecule has 0 bridgehead atoms. The fraction of sp³-hybridized carbons (Fsp3) is 0.250. The van der Waals surface area contributed by atoms with Crippen molar-refractivity contribution in [2.45, 2.75) is 16.0 Å². The smallest absolute Gasteiger partial charge is 0.358 e. The van der Waals surface area contributed by atoms with E-state index in [2.05, 4.69) is 9.71 Å². The molecule has 2 N–H and O–H groups in total. The standard InChI is InChI=1S/C20H16Cl2F4N4O2S2/c21-12-2-3-15(18-17(12)13(22)10-27-18)28-33-11-1-4-16(14(23)9-11)34(32)30-7-5-29(6-8-30)19(31)20(24,25)26/h1-4,9-10,27-28H,5-8H2. The zero-order valence-corrected chi connectivity index (χ0v) is 20.2. The normalized spacial score (nSPS) is 16.1. The largest absolute Gasteiger partial charge is 0.471 e. The van der Waals surface area contributed by atoms with E-state index >= 15 is 0 Å². The van der Waals surface area contributed by atoms with E-state index < -0.39 is 28.9 Å². The monoisotopic (exact) mass is 554 g/mol. The Morgan fingerprint density at radius 3 is 2.44 bits per heavy atom. The van der Waals surface area contributed by atoms with Gasteiger partial charge in [0.25, 0.3) is 0 Å². The van der Waals surface area contributed by atoms with Crippen molar-refractivity contribution in [3.8, 4) is 0 Å². The van der Waals surface area contributed by atoms with E-state index in [1.807, 2.05) is 0 Å². The van der Waals surface area contributed by atoms with Crippen LogP contribution in [0.1, 0.15) is 0 Å². The molecule has 2 aromatic carbocycles. The minimum atomic E-state index is -4.96. The summed E-state index contributed by atoms with van der Waals surface area (Å²) in [6.45, 7) is -0.641. The van der Waals surface area contributed by atoms with Crippen molar-refractivity contribution in [2.75, 3.05) is 30.9 Å². The molecule has 1 amide bonds. The third-order valence-electron chi connectivity index (χ3n) is 5.11. The molecule has 34 heavy (non-hydrogen) atoms. The van der Waals surface area contributed by atoms with Crippen LogP contribution in [0.15, 0.2) is 46.3 Å². The topological polar surface area (TPSA) is 68.4 Å². The number of aromatic nitrogens is 1. The van der Waals surface area contributed by atoms with Crippen LogP contribution in [0.3, 0.4) is 0 Å². The fourth-order valence-corrected chi connectivity index (χ4v) is 5.87. The molecule has 1 aromatic heterocycles. The van der Waals surface area contributed by atoms with Crippen LogP contribution in [-0.2, 0) is 15.8 Å². The van der Waals surface area contributed by atoms with Gasteiger partial charge in [0, 0.05) is 42.7 Å². The lowest BCUT2D eigenvalue weighted by Gasteiger charge is -2.34. The fourth-order valence-electron chi connectivity index (χ4n) is 3.43. The highest BCUT2D eigenvalue weighted by atomic mass is 35.5. The molecule has 1 unspecified atom stereocenters. The van der Waals surface area contributed by atoms with Gasteiger partial charge < -0.3 is 14.6 Å². The van der Waals surface area contributed by atoms with Crippen LogP contribution < -0.4 is 4.72 Å². The number of fused-ring (bicyclic) bond motifs is 1. The molecule has 6 nitrogen and oxygen atoms in total. The van der Waals surface area contributed by atoms with Gasteiger partial charge in [-0.05, 0) is 42.3 Å². The molecule has 2 heterocycles. The molecule has 1 saturated heterocycles. The molecular weight excluding hydrogens is 539 g/mol. The summed E-state index contributed by atoms with van der Waals surface area (Å²) in [4.78, 5) is 15.4. The number of hydrogen-bond acceptors (Lipinski definition) is 4. The third kappa shape index (κ3) is 5.15. The molecule has 0 radical (unpaired) electrons. The number of alkyl halides is 3. The van der Waals surface area contributed by atoms with Crippen LogP contribution in [0.2, 0.25) is 10.0 Å². The molecule has 1 aliphatic heterocycles. The maximum Gasteiger partial charge on any atom is 0.471 e. The zero-order valence-electron chi connectivity index (χ0n) is 17.1. The predicted molar refractivity (Wildman–Crippen MR) is 125 cm³/mol. The first-order chi connectivity index (χ1) is 16.1. The molecule has 1 aliphatic rings. The molecule has 1 atom stereocenters. The van der Waals surface area contributed by atoms with Gasteiger partial charge in [0.1, 0.15) is 16.8 Å². The average molecular weight is 555 g/mol. The maximum absolute atomic E-state index is 14.7. The van der Waals surface area contributed by atoms with Crippen LogP contribution in [0.25, 0.3) is 10.9 Å². The van der Waals surface area contributed by atoms with Gasteiger partial charge in [0.2, 0.25) is 0 Å². The molecule has 1 fully saturated rings. The molecule has 4 rings (SSSR count). The van der Waals surface area contributed by atoms with Crippen molar-refractivity contribution in [1.29, 1.82) is 0 Å². The third-order valence-corrected chi connectivity index (χ3v) is 8.08. The molecule has 0 aliphatic carbocycles. The highest BCUT2D eigenvalue weighted by molar-refractivity contribution is 8.00. The molecule has 14 heteroatoms. The Morgan fingerprint density at radius 2 is 1.79 bits per heavy atom. The zero-order chi connectivity index (χ0) is 24.6. The van der Waals surface area contributed by atoms with Crippen molar-refractivity contribution in [2.24, 2.45) is 0 Å². The lowest BCUT2D eigenvalue weighted by Crippen LogP contribution is -2.52. The number of piperazine rings is 1. The number of anilines is 1. The van der Waals surface area contributed by atoms with Gasteiger partial charge in [-0.3, -0.25) is 4.79 Å². The number of nitrogens with zero attached hydrogens (tertiary/aromatic N) is 2. The number of carbonyl (C=O) groups is 1. The highest BCUT2D eigenvalue weighted by Crippen LogP contribution is 2.36. The number of amides is 1. The summed E-state index contributed by atoms with van der Waals surface area (Å²) in [5, 5.41) is 1.61. The van der Waals surface area contributed by atoms with Crippen LogP contribution in [-0.4, -0.2) is 56.7 Å². The second-order valence-corrected chi connectivity index (χ2v) is 10.4. The maximum atomic E-state index is 14.7. The summed E-state index contributed by atoms with van der Waals surface area (Å²) >= 11 is 13.4. The number of halogens is 6. The van der Waals surface area contributed by atoms with Crippen LogP contribution in [0.5, 0.6) is 0 Å². The van der Waals surface area contributed by atoms with E-state index in [1.54, 1.807) is 24.4 Å². The van der Waals surface area contributed by atoms with Crippen molar-refractivity contribution >= 4 is 68.6 Å². The Labute approximate surface area is 208 Å². The first-order valence-corrected chi connectivity index (χ1v) is 12.4. The Morgan fingerprint density at radius 1 is 1.09 bits per heavy atom. The second kappa shape index (κ2) is 9.94. The average Bonchev–Trinajstić information content (AvgIpc) is 3.20.